The molecule has 0 fully saturated rings. The Morgan fingerprint density at radius 1 is 0.642 bits per heavy atom. The molecule has 0 saturated carbocycles. The average Bonchev–Trinajstić information content (AvgIpc) is 3.25. The SMILES string of the molecule is CCC(C)(CC)C(=O)/C=C(\O)C(C)(CC)CC.Cc1cc(-c2c(C)c(C)c3cnc(-c4[c-]c5c(C)c(C)c(C)c(C)c5c(C(C)(C)C)c4C)c(C)c3c2C)c(C)c2c1C(C)(C)CCC2(C)C.[Ir]. The van der Waals surface area contributed by atoms with Crippen LogP contribution in [-0.4, -0.2) is 15.9 Å². The molecular weight excluding hydrogens is 995 g/mol. The monoisotopic (exact) mass is 1080 g/mol. The molecule has 1 heterocycles. The van der Waals surface area contributed by atoms with Crippen LogP contribution >= 0.6 is 0 Å². The van der Waals surface area contributed by atoms with Crippen LogP contribution in [0, 0.1) is 93.1 Å². The number of rotatable bonds is 9. The van der Waals surface area contributed by atoms with Gasteiger partial charge >= 0.3 is 0 Å². The van der Waals surface area contributed by atoms with Crippen molar-refractivity contribution in [1.82, 2.24) is 4.98 Å². The van der Waals surface area contributed by atoms with Gasteiger partial charge in [0, 0.05) is 54.3 Å². The Balaban J connectivity index is 0.000000465. The van der Waals surface area contributed by atoms with Gasteiger partial charge in [-0.2, -0.15) is 0 Å². The van der Waals surface area contributed by atoms with Crippen LogP contribution < -0.4 is 0 Å². The molecule has 1 N–H and O–H groups in total. The van der Waals surface area contributed by atoms with Gasteiger partial charge in [0.1, 0.15) is 5.76 Å². The van der Waals surface area contributed by atoms with Gasteiger partial charge in [0.2, 0.25) is 0 Å². The standard InChI is InChI=1S/C48H60N.C15H28O2.Ir/c1-24-21-35(31(8)44-42(24)47(15,16)19-20-48(44,17)18)39-30(7)28(5)38-23-49-45(34(11)40(38)33(39)10)37-22-36-27(4)25(2)26(3)29(6)41(36)43(32(37)9)46(12,13)14;1-7-14(5,8-2)12(16)11-13(17)15(6,9-3)10-4;/h21,23H,19-20H2,1-18H3;11,16H,7-10H2,1-6H3;/q-1;;/b;12-11-;. The van der Waals surface area contributed by atoms with Crippen LogP contribution in [0.2, 0.25) is 0 Å². The molecule has 4 heteroatoms. The third kappa shape index (κ3) is 9.55. The number of carbonyl (C=O) groups excluding carboxylic acids is 1. The van der Waals surface area contributed by atoms with Gasteiger partial charge in [-0.25, -0.2) is 0 Å². The minimum Gasteiger partial charge on any atom is -0.512 e. The number of aliphatic hydroxyl groups excluding tert-OH is 1. The first kappa shape index (κ1) is 56.0. The third-order valence-corrected chi connectivity index (χ3v) is 17.7. The summed E-state index contributed by atoms with van der Waals surface area (Å²) in [5.74, 6) is 0.286. The number of benzene rings is 4. The van der Waals surface area contributed by atoms with E-state index in [0.717, 1.165) is 36.9 Å². The number of allylic oxidation sites excluding steroid dienone is 2. The van der Waals surface area contributed by atoms with Gasteiger partial charge in [0.15, 0.2) is 5.78 Å². The van der Waals surface area contributed by atoms with Crippen molar-refractivity contribution < 1.29 is 30.0 Å². The fourth-order valence-electron chi connectivity index (χ4n) is 11.8. The number of hydrogen-bond donors (Lipinski definition) is 1. The van der Waals surface area contributed by atoms with Crippen LogP contribution in [0.4, 0.5) is 0 Å². The molecule has 0 unspecified atom stereocenters. The van der Waals surface area contributed by atoms with Crippen LogP contribution in [0.1, 0.15) is 206 Å². The topological polar surface area (TPSA) is 50.2 Å². The minimum atomic E-state index is -0.337. The summed E-state index contributed by atoms with van der Waals surface area (Å²) in [6.07, 6.45) is 9.36. The maximum Gasteiger partial charge on any atom is 0.164 e. The van der Waals surface area contributed by atoms with Crippen molar-refractivity contribution in [1.29, 1.82) is 0 Å². The van der Waals surface area contributed by atoms with Gasteiger partial charge in [-0.1, -0.05) is 149 Å². The van der Waals surface area contributed by atoms with Crippen LogP contribution in [0.15, 0.2) is 24.1 Å². The van der Waals surface area contributed by atoms with E-state index < -0.39 is 0 Å². The van der Waals surface area contributed by atoms with Crippen LogP contribution in [0.25, 0.3) is 43.9 Å². The molecule has 367 valence electrons. The molecule has 3 nitrogen and oxygen atoms in total. The smallest absolute Gasteiger partial charge is 0.164 e. The molecule has 0 saturated heterocycles. The largest absolute Gasteiger partial charge is 0.512 e. The molecule has 5 aromatic rings. The number of fused-ring (bicyclic) bond motifs is 3. The summed E-state index contributed by atoms with van der Waals surface area (Å²) >= 11 is 0. The van der Waals surface area contributed by atoms with Crippen LogP contribution in [-0.2, 0) is 41.1 Å². The van der Waals surface area contributed by atoms with Crippen molar-refractivity contribution in [2.45, 2.75) is 221 Å². The van der Waals surface area contributed by atoms with Crippen molar-refractivity contribution in [3.8, 4) is 22.4 Å². The van der Waals surface area contributed by atoms with Gasteiger partial charge in [0.25, 0.3) is 0 Å². The first-order valence-corrected chi connectivity index (χ1v) is 25.3. The number of carbonyl (C=O) groups is 1. The summed E-state index contributed by atoms with van der Waals surface area (Å²) in [5.41, 5.74) is 24.3. The molecule has 4 aromatic carbocycles. The van der Waals surface area contributed by atoms with Crippen molar-refractivity contribution in [3.05, 3.63) is 108 Å². The molecule has 0 amide bonds. The summed E-state index contributed by atoms with van der Waals surface area (Å²) in [5, 5.41) is 15.4. The van der Waals surface area contributed by atoms with E-state index >= 15 is 0 Å². The molecule has 1 aliphatic carbocycles. The summed E-state index contributed by atoms with van der Waals surface area (Å²) in [4.78, 5) is 17.5. The zero-order chi connectivity index (χ0) is 50.1. The number of nitrogens with zero attached hydrogens (tertiary/aromatic N) is 1. The van der Waals surface area contributed by atoms with E-state index in [1.807, 2.05) is 41.5 Å². The zero-order valence-corrected chi connectivity index (χ0v) is 49.0. The minimum absolute atomic E-state index is 0. The zero-order valence-electron chi connectivity index (χ0n) is 46.6. The van der Waals surface area contributed by atoms with Gasteiger partial charge in [-0.3, -0.25) is 9.78 Å². The Hall–Kier alpha value is -3.59. The molecule has 0 aliphatic heterocycles. The molecule has 1 aromatic heterocycles. The van der Waals surface area contributed by atoms with Gasteiger partial charge in [0.05, 0.1) is 0 Å². The number of aliphatic hydroxyl groups is 1. The summed E-state index contributed by atoms with van der Waals surface area (Å²) in [6.45, 7) is 54.5. The van der Waals surface area contributed by atoms with E-state index in [0.29, 0.717) is 0 Å². The van der Waals surface area contributed by atoms with Gasteiger partial charge in [-0.05, 0) is 173 Å². The Morgan fingerprint density at radius 2 is 1.15 bits per heavy atom. The van der Waals surface area contributed by atoms with E-state index in [1.54, 1.807) is 11.1 Å². The van der Waals surface area contributed by atoms with E-state index in [4.69, 9.17) is 4.98 Å². The first-order valence-electron chi connectivity index (χ1n) is 25.3. The number of aryl methyl sites for hydroxylation is 6. The molecule has 6 rings (SSSR count). The number of hydrogen-bond acceptors (Lipinski definition) is 3. The maximum absolute atomic E-state index is 12.2. The first-order chi connectivity index (χ1) is 30.3. The van der Waals surface area contributed by atoms with Crippen molar-refractivity contribution >= 4 is 27.3 Å². The van der Waals surface area contributed by atoms with Gasteiger partial charge < -0.3 is 5.11 Å². The van der Waals surface area contributed by atoms with E-state index in [1.165, 1.54) is 118 Å². The van der Waals surface area contributed by atoms with Gasteiger partial charge in [-0.15, -0.1) is 22.6 Å². The Morgan fingerprint density at radius 3 is 1.66 bits per heavy atom. The molecule has 0 spiro atoms. The van der Waals surface area contributed by atoms with E-state index in [-0.39, 0.29) is 58.7 Å². The number of aromatic nitrogens is 1. The van der Waals surface area contributed by atoms with E-state index in [2.05, 4.69) is 143 Å². The predicted molar refractivity (Wildman–Crippen MR) is 288 cm³/mol. The van der Waals surface area contributed by atoms with Crippen molar-refractivity contribution in [3.63, 3.8) is 0 Å². The third-order valence-electron chi connectivity index (χ3n) is 17.7. The quantitative estimate of drug-likeness (QED) is 0.0909. The summed E-state index contributed by atoms with van der Waals surface area (Å²) < 4.78 is 0. The Bertz CT molecular complexity index is 2780. The molecule has 0 atom stereocenters. The van der Waals surface area contributed by atoms with Crippen LogP contribution in [0.5, 0.6) is 0 Å². The summed E-state index contributed by atoms with van der Waals surface area (Å²) in [7, 11) is 0. The fourth-order valence-corrected chi connectivity index (χ4v) is 11.8. The molecular formula is C63H88IrNO2-. The average molecular weight is 1080 g/mol. The second-order valence-electron chi connectivity index (χ2n) is 23.6. The van der Waals surface area contributed by atoms with Crippen LogP contribution in [0.3, 0.4) is 0 Å². The van der Waals surface area contributed by atoms with Crippen molar-refractivity contribution in [2.24, 2.45) is 10.8 Å². The van der Waals surface area contributed by atoms with E-state index in [9.17, 15) is 9.90 Å². The number of ketones is 1. The number of pyridine rings is 1. The van der Waals surface area contributed by atoms with Crippen molar-refractivity contribution in [2.75, 3.05) is 0 Å². The maximum atomic E-state index is 12.2. The summed E-state index contributed by atoms with van der Waals surface area (Å²) in [6, 6.07) is 6.52. The Kier molecular flexibility index (Phi) is 16.4. The Labute approximate surface area is 422 Å². The predicted octanol–water partition coefficient (Wildman–Crippen LogP) is 18.2. The second-order valence-corrected chi connectivity index (χ2v) is 23.6. The molecule has 0 bridgehead atoms. The molecule has 67 heavy (non-hydrogen) atoms. The molecule has 1 aliphatic rings. The normalized spacial score (nSPS) is 15.0. The second kappa shape index (κ2) is 19.7. The molecule has 1 radical (unpaired) electrons. The fraction of sp³-hybridized carbons (Fsp3) is 0.556.